The normalized spacial score (nSPS) is 10.6. The van der Waals surface area contributed by atoms with E-state index in [0.29, 0.717) is 5.69 Å². The summed E-state index contributed by atoms with van der Waals surface area (Å²) >= 11 is 0. The number of fused-ring (bicyclic) bond motifs is 1. The highest BCUT2D eigenvalue weighted by molar-refractivity contribution is 6.83. The molecule has 0 aliphatic heterocycles. The van der Waals surface area contributed by atoms with Crippen LogP contribution in [0.1, 0.15) is 11.3 Å². The van der Waals surface area contributed by atoms with E-state index in [0.717, 1.165) is 16.6 Å². The molecule has 1 heterocycles. The minimum atomic E-state index is -1.37. The molecule has 0 atom stereocenters. The van der Waals surface area contributed by atoms with Crippen LogP contribution in [0.15, 0.2) is 24.4 Å². The zero-order valence-corrected chi connectivity index (χ0v) is 11.7. The second-order valence-electron chi connectivity index (χ2n) is 5.07. The van der Waals surface area contributed by atoms with E-state index in [4.69, 9.17) is 5.26 Å². The van der Waals surface area contributed by atoms with Crippen molar-refractivity contribution in [1.82, 2.24) is 9.97 Å². The Kier molecular flexibility index (Phi) is 3.14. The summed E-state index contributed by atoms with van der Waals surface area (Å²) in [5.74, 6) is 3.18. The predicted octanol–water partition coefficient (Wildman–Crippen LogP) is 2.73. The van der Waals surface area contributed by atoms with E-state index >= 15 is 0 Å². The van der Waals surface area contributed by atoms with Crippen molar-refractivity contribution in [1.29, 1.82) is 5.26 Å². The van der Waals surface area contributed by atoms with E-state index in [1.165, 1.54) is 6.20 Å². The van der Waals surface area contributed by atoms with Gasteiger partial charge in [0.2, 0.25) is 0 Å². The van der Waals surface area contributed by atoms with Crippen molar-refractivity contribution >= 4 is 19.1 Å². The van der Waals surface area contributed by atoms with E-state index in [9.17, 15) is 0 Å². The molecular weight excluding hydrogens is 238 g/mol. The highest BCUT2D eigenvalue weighted by Crippen LogP contribution is 2.11. The number of hydrogen-bond donors (Lipinski definition) is 0. The summed E-state index contributed by atoms with van der Waals surface area (Å²) < 4.78 is 0. The summed E-state index contributed by atoms with van der Waals surface area (Å²) in [7, 11) is -1.37. The van der Waals surface area contributed by atoms with Gasteiger partial charge in [-0.2, -0.15) is 5.26 Å². The molecule has 0 amide bonds. The molecule has 3 nitrogen and oxygen atoms in total. The van der Waals surface area contributed by atoms with E-state index in [-0.39, 0.29) is 0 Å². The SMILES string of the molecule is C[Si](C)(C)C#Cc1ccc2ncc(C#N)nc2c1. The van der Waals surface area contributed by atoms with Crippen molar-refractivity contribution in [2.75, 3.05) is 0 Å². The van der Waals surface area contributed by atoms with Crippen molar-refractivity contribution in [3.8, 4) is 17.5 Å². The number of nitriles is 1. The van der Waals surface area contributed by atoms with Crippen LogP contribution in [0.3, 0.4) is 0 Å². The van der Waals surface area contributed by atoms with Gasteiger partial charge in [0.15, 0.2) is 5.69 Å². The van der Waals surface area contributed by atoms with E-state index in [2.05, 4.69) is 41.1 Å². The maximum Gasteiger partial charge on any atom is 0.159 e. The van der Waals surface area contributed by atoms with Crippen molar-refractivity contribution in [2.24, 2.45) is 0 Å². The summed E-state index contributed by atoms with van der Waals surface area (Å²) in [4.78, 5) is 8.40. The van der Waals surface area contributed by atoms with E-state index in [1.54, 1.807) is 0 Å². The Hall–Kier alpha value is -2.17. The van der Waals surface area contributed by atoms with Crippen LogP contribution in [0.4, 0.5) is 0 Å². The van der Waals surface area contributed by atoms with Crippen LogP contribution >= 0.6 is 0 Å². The number of nitrogens with zero attached hydrogens (tertiary/aromatic N) is 3. The van der Waals surface area contributed by atoms with Gasteiger partial charge in [-0.05, 0) is 18.2 Å². The Morgan fingerprint density at radius 2 is 1.94 bits per heavy atom. The molecule has 2 rings (SSSR count). The second kappa shape index (κ2) is 4.60. The van der Waals surface area contributed by atoms with Gasteiger partial charge < -0.3 is 0 Å². The molecule has 0 aliphatic carbocycles. The van der Waals surface area contributed by atoms with Crippen molar-refractivity contribution in [3.05, 3.63) is 35.7 Å². The lowest BCUT2D eigenvalue weighted by Crippen LogP contribution is -2.16. The third-order valence-corrected chi connectivity index (χ3v) is 3.11. The largest absolute Gasteiger partial charge is 0.252 e. The van der Waals surface area contributed by atoms with Gasteiger partial charge in [0.25, 0.3) is 0 Å². The van der Waals surface area contributed by atoms with Gasteiger partial charge >= 0.3 is 0 Å². The zero-order chi connectivity index (χ0) is 13.2. The Morgan fingerprint density at radius 1 is 1.17 bits per heavy atom. The third-order valence-electron chi connectivity index (χ3n) is 2.24. The van der Waals surface area contributed by atoms with Crippen LogP contribution in [0.2, 0.25) is 19.6 Å². The van der Waals surface area contributed by atoms with E-state index < -0.39 is 8.07 Å². The van der Waals surface area contributed by atoms with Crippen molar-refractivity contribution in [2.45, 2.75) is 19.6 Å². The molecule has 88 valence electrons. The highest BCUT2D eigenvalue weighted by Gasteiger charge is 2.07. The fourth-order valence-corrected chi connectivity index (χ4v) is 1.92. The molecular formula is C14H13N3Si. The Labute approximate surface area is 108 Å². The Balaban J connectivity index is 2.49. The molecule has 0 bridgehead atoms. The first-order chi connectivity index (χ1) is 8.48. The molecule has 18 heavy (non-hydrogen) atoms. The topological polar surface area (TPSA) is 49.6 Å². The van der Waals surface area contributed by atoms with Crippen molar-refractivity contribution < 1.29 is 0 Å². The molecule has 0 saturated carbocycles. The first kappa shape index (κ1) is 12.3. The molecule has 1 aromatic carbocycles. The standard InChI is InChI=1S/C14H13N3Si/c1-18(2,3)7-6-11-4-5-13-14(8-11)17-12(9-15)10-16-13/h4-5,8,10H,1-3H3. The third kappa shape index (κ3) is 2.94. The van der Waals surface area contributed by atoms with Crippen LogP contribution in [0.5, 0.6) is 0 Å². The lowest BCUT2D eigenvalue weighted by atomic mass is 10.2. The minimum absolute atomic E-state index is 0.331. The molecule has 2 aromatic rings. The smallest absolute Gasteiger partial charge is 0.159 e. The van der Waals surface area contributed by atoms with Crippen LogP contribution in [-0.4, -0.2) is 18.0 Å². The molecule has 0 radical (unpaired) electrons. The summed E-state index contributed by atoms with van der Waals surface area (Å²) in [6, 6.07) is 7.70. The molecule has 0 aliphatic rings. The summed E-state index contributed by atoms with van der Waals surface area (Å²) in [5.41, 5.74) is 6.07. The van der Waals surface area contributed by atoms with Crippen molar-refractivity contribution in [3.63, 3.8) is 0 Å². The monoisotopic (exact) mass is 251 g/mol. The van der Waals surface area contributed by atoms with Gasteiger partial charge in [0.05, 0.1) is 17.2 Å². The van der Waals surface area contributed by atoms with Crippen LogP contribution < -0.4 is 0 Å². The highest BCUT2D eigenvalue weighted by atomic mass is 28.3. The average Bonchev–Trinajstić information content (AvgIpc) is 2.34. The lowest BCUT2D eigenvalue weighted by molar-refractivity contribution is 1.24. The average molecular weight is 251 g/mol. The first-order valence-electron chi connectivity index (χ1n) is 5.68. The number of rotatable bonds is 0. The van der Waals surface area contributed by atoms with Crippen LogP contribution in [0, 0.1) is 22.8 Å². The maximum atomic E-state index is 8.80. The number of hydrogen-bond acceptors (Lipinski definition) is 3. The molecule has 0 N–H and O–H groups in total. The number of benzene rings is 1. The van der Waals surface area contributed by atoms with Gasteiger partial charge in [-0.1, -0.05) is 25.6 Å². The Bertz CT molecular complexity index is 697. The fraction of sp³-hybridized carbons (Fsp3) is 0.214. The quantitative estimate of drug-likeness (QED) is 0.534. The van der Waals surface area contributed by atoms with Gasteiger partial charge in [-0.25, -0.2) is 4.98 Å². The summed E-state index contributed by atoms with van der Waals surface area (Å²) in [5, 5.41) is 8.80. The minimum Gasteiger partial charge on any atom is -0.252 e. The summed E-state index contributed by atoms with van der Waals surface area (Å²) in [6.07, 6.45) is 1.48. The van der Waals surface area contributed by atoms with Gasteiger partial charge in [0, 0.05) is 5.56 Å². The van der Waals surface area contributed by atoms with Gasteiger partial charge in [-0.3, -0.25) is 4.98 Å². The first-order valence-corrected chi connectivity index (χ1v) is 9.18. The molecule has 0 spiro atoms. The molecule has 0 fully saturated rings. The number of aromatic nitrogens is 2. The van der Waals surface area contributed by atoms with Crippen LogP contribution in [0.25, 0.3) is 11.0 Å². The zero-order valence-electron chi connectivity index (χ0n) is 10.7. The fourth-order valence-electron chi connectivity index (χ4n) is 1.40. The molecule has 4 heteroatoms. The molecule has 0 unspecified atom stereocenters. The molecule has 1 aromatic heterocycles. The predicted molar refractivity (Wildman–Crippen MR) is 74.5 cm³/mol. The van der Waals surface area contributed by atoms with E-state index in [1.807, 2.05) is 24.3 Å². The van der Waals surface area contributed by atoms with Gasteiger partial charge in [0.1, 0.15) is 14.1 Å². The lowest BCUT2D eigenvalue weighted by Gasteiger charge is -2.03. The van der Waals surface area contributed by atoms with Crippen LogP contribution in [-0.2, 0) is 0 Å². The molecule has 0 saturated heterocycles. The second-order valence-corrected chi connectivity index (χ2v) is 9.82. The maximum absolute atomic E-state index is 8.80. The van der Waals surface area contributed by atoms with Gasteiger partial charge in [-0.15, -0.1) is 5.54 Å². The Morgan fingerprint density at radius 3 is 2.61 bits per heavy atom. The summed E-state index contributed by atoms with van der Waals surface area (Å²) in [6.45, 7) is 6.61.